The largest absolute Gasteiger partial charge is 0.530 e. The molecule has 0 fully saturated rings. The predicted octanol–water partition coefficient (Wildman–Crippen LogP) is 2.55. The normalized spacial score (nSPS) is 10.3. The Morgan fingerprint density at radius 1 is 1.12 bits per heavy atom. The van der Waals surface area contributed by atoms with Crippen molar-refractivity contribution in [3.8, 4) is 0 Å². The van der Waals surface area contributed by atoms with Gasteiger partial charge in [0.1, 0.15) is 6.09 Å². The fraction of sp³-hybridized carbons (Fsp3) is 0.364. The van der Waals surface area contributed by atoms with Crippen molar-refractivity contribution in [2.24, 2.45) is 0 Å². The summed E-state index contributed by atoms with van der Waals surface area (Å²) in [5, 5.41) is 11.0. The fourth-order valence-electron chi connectivity index (χ4n) is 1.46. The topological polar surface area (TPSA) is 43.4 Å². The highest BCUT2D eigenvalue weighted by Crippen LogP contribution is 2.21. The highest BCUT2D eigenvalue weighted by Gasteiger charge is 2.09. The Kier molecular flexibility index (Phi) is 5.89. The zero-order valence-electron chi connectivity index (χ0n) is 8.96. The second kappa shape index (κ2) is 6.94. The molecule has 94 valence electrons. The lowest BCUT2D eigenvalue weighted by molar-refractivity contribution is -0.246. The maximum Gasteiger partial charge on any atom is 0.141 e. The van der Waals surface area contributed by atoms with Gasteiger partial charge in [-0.3, -0.25) is 0 Å². The molecule has 3 nitrogen and oxygen atoms in total. The molecule has 0 aliphatic rings. The summed E-state index contributed by atoms with van der Waals surface area (Å²) < 4.78 is 0. The molecule has 1 aromatic carbocycles. The van der Waals surface area contributed by atoms with E-state index in [1.807, 2.05) is 6.07 Å². The van der Waals surface area contributed by atoms with Gasteiger partial charge in [0.15, 0.2) is 0 Å². The molecule has 0 saturated carbocycles. The Bertz CT molecular complexity index is 376. The van der Waals surface area contributed by atoms with Crippen LogP contribution in [0.1, 0.15) is 11.1 Å². The lowest BCUT2D eigenvalue weighted by Gasteiger charge is -2.25. The van der Waals surface area contributed by atoms with Crippen molar-refractivity contribution in [2.75, 3.05) is 17.3 Å². The number of carbonyl (C=O) groups is 1. The molecule has 0 spiro atoms. The summed E-state index contributed by atoms with van der Waals surface area (Å²) in [6, 6.07) is 5.20. The maximum atomic E-state index is 11.0. The predicted molar refractivity (Wildman–Crippen MR) is 69.0 cm³/mol. The van der Waals surface area contributed by atoms with Crippen LogP contribution in [0.3, 0.4) is 0 Å². The number of alkyl halides is 3. The van der Waals surface area contributed by atoms with E-state index in [0.717, 1.165) is 16.0 Å². The highest BCUT2D eigenvalue weighted by atomic mass is 35.5. The average Bonchev–Trinajstić information content (AvgIpc) is 2.34. The summed E-state index contributed by atoms with van der Waals surface area (Å²) >= 11 is 17.0. The van der Waals surface area contributed by atoms with E-state index in [1.165, 1.54) is 0 Å². The zero-order valence-corrected chi connectivity index (χ0v) is 11.2. The number of amides is 1. The molecule has 0 radical (unpaired) electrons. The van der Waals surface area contributed by atoms with Gasteiger partial charge in [0.25, 0.3) is 0 Å². The molecular weight excluding hydrogens is 284 g/mol. The second-order valence-electron chi connectivity index (χ2n) is 3.38. The van der Waals surface area contributed by atoms with E-state index in [9.17, 15) is 9.90 Å². The number of benzene rings is 1. The van der Waals surface area contributed by atoms with Crippen LogP contribution in [0.4, 0.5) is 10.5 Å². The molecule has 0 aliphatic heterocycles. The fourth-order valence-corrected chi connectivity index (χ4v) is 1.94. The van der Waals surface area contributed by atoms with Crippen molar-refractivity contribution in [3.05, 3.63) is 29.3 Å². The van der Waals surface area contributed by atoms with Crippen LogP contribution >= 0.6 is 34.8 Å². The number of hydrogen-bond donors (Lipinski definition) is 0. The maximum absolute atomic E-state index is 11.0. The van der Waals surface area contributed by atoms with Gasteiger partial charge in [-0.25, -0.2) is 0 Å². The first-order valence-electron chi connectivity index (χ1n) is 4.91. The van der Waals surface area contributed by atoms with Crippen molar-refractivity contribution in [2.45, 2.75) is 11.8 Å². The van der Waals surface area contributed by atoms with Crippen LogP contribution in [0, 0.1) is 0 Å². The lowest BCUT2D eigenvalue weighted by atomic mass is 10.1. The van der Waals surface area contributed by atoms with Crippen molar-refractivity contribution >= 4 is 46.6 Å². The summed E-state index contributed by atoms with van der Waals surface area (Å²) in [6.07, 6.45) is -1.29. The van der Waals surface area contributed by atoms with Gasteiger partial charge in [-0.15, -0.1) is 34.8 Å². The molecule has 0 aromatic heterocycles. The Labute approximate surface area is 115 Å². The van der Waals surface area contributed by atoms with Crippen molar-refractivity contribution in [3.63, 3.8) is 0 Å². The zero-order chi connectivity index (χ0) is 12.8. The molecule has 0 bridgehead atoms. The number of carboxylic acid groups (broad SMARTS) is 1. The number of hydrogen-bond acceptors (Lipinski definition) is 2. The summed E-state index contributed by atoms with van der Waals surface area (Å²) in [5.41, 5.74) is 2.10. The van der Waals surface area contributed by atoms with Gasteiger partial charge in [-0.1, -0.05) is 6.07 Å². The monoisotopic (exact) mass is 294 g/mol. The van der Waals surface area contributed by atoms with Crippen LogP contribution in [-0.4, -0.2) is 18.5 Å². The molecule has 0 heterocycles. The molecule has 17 heavy (non-hydrogen) atoms. The van der Waals surface area contributed by atoms with Crippen molar-refractivity contribution < 1.29 is 9.90 Å². The van der Waals surface area contributed by atoms with Gasteiger partial charge in [-0.05, 0) is 23.3 Å². The first kappa shape index (κ1) is 14.4. The van der Waals surface area contributed by atoms with Crippen molar-refractivity contribution in [1.29, 1.82) is 0 Å². The average molecular weight is 296 g/mol. The minimum absolute atomic E-state index is 0.164. The molecule has 0 saturated heterocycles. The lowest BCUT2D eigenvalue weighted by Crippen LogP contribution is -2.42. The Hall–Kier alpha value is -0.640. The van der Waals surface area contributed by atoms with E-state index < -0.39 is 6.09 Å². The third-order valence-corrected chi connectivity index (χ3v) is 2.97. The van der Waals surface area contributed by atoms with Gasteiger partial charge in [0, 0.05) is 29.9 Å². The molecule has 6 heteroatoms. The van der Waals surface area contributed by atoms with Gasteiger partial charge in [0.05, 0.1) is 0 Å². The van der Waals surface area contributed by atoms with Crippen LogP contribution < -0.4 is 10.0 Å². The third-order valence-electron chi connectivity index (χ3n) is 2.19. The smallest absolute Gasteiger partial charge is 0.141 e. The quantitative estimate of drug-likeness (QED) is 0.784. The molecule has 0 aliphatic carbocycles. The van der Waals surface area contributed by atoms with Gasteiger partial charge in [0.2, 0.25) is 0 Å². The minimum atomic E-state index is -1.29. The molecule has 1 amide bonds. The van der Waals surface area contributed by atoms with Crippen LogP contribution in [0.15, 0.2) is 18.2 Å². The molecule has 1 aromatic rings. The summed E-state index contributed by atoms with van der Waals surface area (Å²) in [6.45, 7) is 0.164. The Morgan fingerprint density at radius 3 is 2.00 bits per heavy atom. The molecule has 1 rings (SSSR count). The number of carbonyl (C=O) groups excluding carboxylic acids is 1. The van der Waals surface area contributed by atoms with Gasteiger partial charge in [-0.2, -0.15) is 0 Å². The van der Waals surface area contributed by atoms with E-state index in [2.05, 4.69) is 0 Å². The number of anilines is 1. The Balaban J connectivity index is 3.12. The van der Waals surface area contributed by atoms with E-state index in [-0.39, 0.29) is 12.4 Å². The minimum Gasteiger partial charge on any atom is -0.530 e. The summed E-state index contributed by atoms with van der Waals surface area (Å²) in [5.74, 6) is 0.772. The molecule has 0 N–H and O–H groups in total. The summed E-state index contributed by atoms with van der Waals surface area (Å²) in [4.78, 5) is 12.0. The van der Waals surface area contributed by atoms with E-state index in [1.54, 1.807) is 12.1 Å². The highest BCUT2D eigenvalue weighted by molar-refractivity contribution is 6.18. The third kappa shape index (κ3) is 3.95. The van der Waals surface area contributed by atoms with E-state index in [0.29, 0.717) is 17.4 Å². The number of rotatable bonds is 5. The Morgan fingerprint density at radius 2 is 1.65 bits per heavy atom. The second-order valence-corrected chi connectivity index (χ2v) is 4.29. The van der Waals surface area contributed by atoms with Gasteiger partial charge >= 0.3 is 0 Å². The first-order valence-corrected chi connectivity index (χ1v) is 6.52. The van der Waals surface area contributed by atoms with Crippen LogP contribution in [-0.2, 0) is 11.8 Å². The standard InChI is InChI=1S/C11H12Cl3NO2/c12-1-2-15(11(16)17)10-4-8(6-13)3-9(5-10)7-14/h3-5H,1-2,6-7H2,(H,16,17)/p-1. The van der Waals surface area contributed by atoms with E-state index in [4.69, 9.17) is 34.8 Å². The molecular formula is C11H11Cl3NO2-. The number of halogens is 3. The number of nitrogens with zero attached hydrogens (tertiary/aromatic N) is 1. The SMILES string of the molecule is O=C([O-])N(CCCl)c1cc(CCl)cc(CCl)c1. The molecule has 0 unspecified atom stereocenters. The molecule has 0 atom stereocenters. The van der Waals surface area contributed by atoms with Crippen LogP contribution in [0.2, 0.25) is 0 Å². The first-order chi connectivity index (χ1) is 8.12. The van der Waals surface area contributed by atoms with Gasteiger partial charge < -0.3 is 14.8 Å². The summed E-state index contributed by atoms with van der Waals surface area (Å²) in [7, 11) is 0. The van der Waals surface area contributed by atoms with Crippen LogP contribution in [0.25, 0.3) is 0 Å². The van der Waals surface area contributed by atoms with Crippen LogP contribution in [0.5, 0.6) is 0 Å². The van der Waals surface area contributed by atoms with E-state index >= 15 is 0 Å². The van der Waals surface area contributed by atoms with Crippen molar-refractivity contribution in [1.82, 2.24) is 0 Å².